The van der Waals surface area contributed by atoms with Crippen LogP contribution >= 0.6 is 11.6 Å². The zero-order valence-corrected chi connectivity index (χ0v) is 12.1. The normalized spacial score (nSPS) is 22.9. The van der Waals surface area contributed by atoms with Crippen molar-refractivity contribution in [3.8, 4) is 17.2 Å². The highest BCUT2D eigenvalue weighted by atomic mass is 35.5. The van der Waals surface area contributed by atoms with Crippen LogP contribution in [0.2, 0.25) is 5.02 Å². The molecule has 20 heavy (non-hydrogen) atoms. The van der Waals surface area contributed by atoms with Crippen molar-refractivity contribution >= 4 is 11.6 Å². The highest BCUT2D eigenvalue weighted by molar-refractivity contribution is 6.30. The van der Waals surface area contributed by atoms with Gasteiger partial charge in [-0.3, -0.25) is 0 Å². The standard InChI is InChI=1S/C15H17ClN2O2/c1-9-3-2-4-10(7-9)14-17-15(20-18-14)12-6-5-11(16)8-13(12)19/h5-6,8-10,19H,2-4,7H2,1H3. The summed E-state index contributed by atoms with van der Waals surface area (Å²) in [6.07, 6.45) is 4.70. The molecule has 1 aliphatic carbocycles. The summed E-state index contributed by atoms with van der Waals surface area (Å²) in [4.78, 5) is 4.45. The summed E-state index contributed by atoms with van der Waals surface area (Å²) >= 11 is 5.82. The molecule has 1 aromatic carbocycles. The smallest absolute Gasteiger partial charge is 0.261 e. The molecule has 0 bridgehead atoms. The molecule has 0 radical (unpaired) electrons. The molecule has 2 unspecified atom stereocenters. The fraction of sp³-hybridized carbons (Fsp3) is 0.467. The van der Waals surface area contributed by atoms with Crippen molar-refractivity contribution in [3.05, 3.63) is 29.0 Å². The first-order valence-electron chi connectivity index (χ1n) is 6.96. The summed E-state index contributed by atoms with van der Waals surface area (Å²) in [5.41, 5.74) is 0.525. The van der Waals surface area contributed by atoms with Crippen molar-refractivity contribution in [1.29, 1.82) is 0 Å². The van der Waals surface area contributed by atoms with Crippen molar-refractivity contribution < 1.29 is 9.63 Å². The number of rotatable bonds is 2. The van der Waals surface area contributed by atoms with Gasteiger partial charge in [-0.2, -0.15) is 4.98 Å². The van der Waals surface area contributed by atoms with Gasteiger partial charge in [0.15, 0.2) is 5.82 Å². The summed E-state index contributed by atoms with van der Waals surface area (Å²) in [7, 11) is 0. The summed E-state index contributed by atoms with van der Waals surface area (Å²) in [5, 5.41) is 14.5. The van der Waals surface area contributed by atoms with Crippen LogP contribution in [0.5, 0.6) is 5.75 Å². The van der Waals surface area contributed by atoms with Crippen LogP contribution in [0, 0.1) is 5.92 Å². The number of halogens is 1. The number of phenols is 1. The van der Waals surface area contributed by atoms with Gasteiger partial charge in [-0.25, -0.2) is 0 Å². The topological polar surface area (TPSA) is 59.2 Å². The highest BCUT2D eigenvalue weighted by Gasteiger charge is 2.25. The molecule has 0 spiro atoms. The molecule has 1 N–H and O–H groups in total. The molecule has 106 valence electrons. The van der Waals surface area contributed by atoms with E-state index in [1.165, 1.54) is 18.9 Å². The summed E-state index contributed by atoms with van der Waals surface area (Å²) < 4.78 is 5.30. The van der Waals surface area contributed by atoms with E-state index >= 15 is 0 Å². The molecule has 1 heterocycles. The number of hydrogen-bond donors (Lipinski definition) is 1. The Morgan fingerprint density at radius 2 is 2.20 bits per heavy atom. The largest absolute Gasteiger partial charge is 0.507 e. The predicted molar refractivity (Wildman–Crippen MR) is 76.8 cm³/mol. The summed E-state index contributed by atoms with van der Waals surface area (Å²) in [6.45, 7) is 2.26. The number of aromatic hydroxyl groups is 1. The van der Waals surface area contributed by atoms with Gasteiger partial charge in [0.05, 0.1) is 5.56 Å². The van der Waals surface area contributed by atoms with Crippen LogP contribution in [0.3, 0.4) is 0 Å². The van der Waals surface area contributed by atoms with Crippen molar-refractivity contribution in [2.75, 3.05) is 0 Å². The molecule has 4 nitrogen and oxygen atoms in total. The quantitative estimate of drug-likeness (QED) is 0.892. The van der Waals surface area contributed by atoms with Crippen molar-refractivity contribution in [1.82, 2.24) is 10.1 Å². The molecule has 1 aliphatic rings. The lowest BCUT2D eigenvalue weighted by atomic mass is 9.82. The Hall–Kier alpha value is -1.55. The molecule has 0 aliphatic heterocycles. The Kier molecular flexibility index (Phi) is 3.66. The van der Waals surface area contributed by atoms with Crippen LogP contribution < -0.4 is 0 Å². The maximum atomic E-state index is 9.89. The number of aromatic nitrogens is 2. The van der Waals surface area contributed by atoms with E-state index in [-0.39, 0.29) is 5.75 Å². The van der Waals surface area contributed by atoms with Gasteiger partial charge in [0.2, 0.25) is 0 Å². The van der Waals surface area contributed by atoms with E-state index < -0.39 is 0 Å². The van der Waals surface area contributed by atoms with E-state index in [0.717, 1.165) is 18.7 Å². The molecule has 5 heteroatoms. The van der Waals surface area contributed by atoms with Gasteiger partial charge in [-0.05, 0) is 37.0 Å². The average molecular weight is 293 g/mol. The lowest BCUT2D eigenvalue weighted by Gasteiger charge is -2.23. The van der Waals surface area contributed by atoms with E-state index in [9.17, 15) is 5.11 Å². The molecule has 1 fully saturated rings. The predicted octanol–water partition coefficient (Wildman–Crippen LogP) is 4.39. The Balaban J connectivity index is 1.86. The molecule has 0 amide bonds. The number of benzene rings is 1. The van der Waals surface area contributed by atoms with Crippen LogP contribution in [-0.2, 0) is 0 Å². The Bertz CT molecular complexity index is 612. The minimum absolute atomic E-state index is 0.0599. The fourth-order valence-electron chi connectivity index (χ4n) is 2.86. The number of nitrogens with zero attached hydrogens (tertiary/aromatic N) is 2. The van der Waals surface area contributed by atoms with Gasteiger partial charge in [-0.15, -0.1) is 0 Å². The lowest BCUT2D eigenvalue weighted by Crippen LogP contribution is -2.12. The van der Waals surface area contributed by atoms with Crippen molar-refractivity contribution in [2.45, 2.75) is 38.5 Å². The molecular formula is C15H17ClN2O2. The molecule has 3 rings (SSSR count). The average Bonchev–Trinajstić information content (AvgIpc) is 2.88. The summed E-state index contributed by atoms with van der Waals surface area (Å²) in [5.74, 6) is 2.24. The van der Waals surface area contributed by atoms with E-state index in [0.29, 0.717) is 28.3 Å². The van der Waals surface area contributed by atoms with Crippen LogP contribution in [-0.4, -0.2) is 15.2 Å². The molecular weight excluding hydrogens is 276 g/mol. The minimum Gasteiger partial charge on any atom is -0.507 e. The summed E-state index contributed by atoms with van der Waals surface area (Å²) in [6, 6.07) is 4.87. The Morgan fingerprint density at radius 1 is 1.35 bits per heavy atom. The lowest BCUT2D eigenvalue weighted by molar-refractivity contribution is 0.324. The number of hydrogen-bond acceptors (Lipinski definition) is 4. The zero-order valence-electron chi connectivity index (χ0n) is 11.3. The third-order valence-corrected chi connectivity index (χ3v) is 4.17. The highest BCUT2D eigenvalue weighted by Crippen LogP contribution is 2.36. The number of phenolic OH excluding ortho intramolecular Hbond substituents is 1. The van der Waals surface area contributed by atoms with E-state index in [4.69, 9.17) is 16.1 Å². The molecule has 2 atom stereocenters. The van der Waals surface area contributed by atoms with Gasteiger partial charge in [0.1, 0.15) is 5.75 Å². The van der Waals surface area contributed by atoms with Crippen molar-refractivity contribution in [3.63, 3.8) is 0 Å². The second kappa shape index (κ2) is 5.44. The first-order valence-corrected chi connectivity index (χ1v) is 7.34. The fourth-order valence-corrected chi connectivity index (χ4v) is 3.03. The van der Waals surface area contributed by atoms with E-state index in [2.05, 4.69) is 17.1 Å². The molecule has 0 saturated heterocycles. The minimum atomic E-state index is 0.0599. The first kappa shape index (κ1) is 13.4. The van der Waals surface area contributed by atoms with E-state index in [1.54, 1.807) is 12.1 Å². The van der Waals surface area contributed by atoms with Gasteiger partial charge < -0.3 is 9.63 Å². The second-order valence-corrected chi connectivity index (χ2v) is 6.02. The molecule has 1 aromatic heterocycles. The van der Waals surface area contributed by atoms with Crippen molar-refractivity contribution in [2.24, 2.45) is 5.92 Å². The molecule has 2 aromatic rings. The second-order valence-electron chi connectivity index (χ2n) is 5.59. The van der Waals surface area contributed by atoms with Gasteiger partial charge in [-0.1, -0.05) is 36.5 Å². The maximum absolute atomic E-state index is 9.89. The van der Waals surface area contributed by atoms with Gasteiger partial charge >= 0.3 is 0 Å². The van der Waals surface area contributed by atoms with E-state index in [1.807, 2.05) is 0 Å². The third kappa shape index (κ3) is 2.66. The van der Waals surface area contributed by atoms with Gasteiger partial charge in [0.25, 0.3) is 5.89 Å². The third-order valence-electron chi connectivity index (χ3n) is 3.93. The van der Waals surface area contributed by atoms with Crippen LogP contribution in [0.25, 0.3) is 11.5 Å². The van der Waals surface area contributed by atoms with Crippen LogP contribution in [0.4, 0.5) is 0 Å². The molecule has 1 saturated carbocycles. The van der Waals surface area contributed by atoms with Crippen LogP contribution in [0.1, 0.15) is 44.3 Å². The van der Waals surface area contributed by atoms with Crippen LogP contribution in [0.15, 0.2) is 22.7 Å². The maximum Gasteiger partial charge on any atom is 0.261 e. The Labute approximate surface area is 122 Å². The Morgan fingerprint density at radius 3 is 2.95 bits per heavy atom. The first-order chi connectivity index (χ1) is 9.63. The SMILES string of the molecule is CC1CCCC(c2noc(-c3ccc(Cl)cc3O)n2)C1. The van der Waals surface area contributed by atoms with Gasteiger partial charge in [0, 0.05) is 10.9 Å². The zero-order chi connectivity index (χ0) is 14.1. The monoisotopic (exact) mass is 292 g/mol.